The summed E-state index contributed by atoms with van der Waals surface area (Å²) in [7, 11) is -2.50. The minimum Gasteiger partial charge on any atom is -0.497 e. The van der Waals surface area contributed by atoms with Crippen molar-refractivity contribution in [2.45, 2.75) is 100 Å². The zero-order valence-corrected chi connectivity index (χ0v) is 35.3. The Hall–Kier alpha value is -5.63. The first-order chi connectivity index (χ1) is 29.2. The highest BCUT2D eigenvalue weighted by Crippen LogP contribution is 2.46. The van der Waals surface area contributed by atoms with Crippen LogP contribution in [0.3, 0.4) is 0 Å². The van der Waals surface area contributed by atoms with E-state index in [0.717, 1.165) is 12.1 Å². The lowest BCUT2D eigenvalue weighted by Gasteiger charge is -2.30. The number of fused-ring (bicyclic) bond motifs is 3. The number of ether oxygens (including phenoxy) is 5. The van der Waals surface area contributed by atoms with Crippen LogP contribution in [-0.2, 0) is 33.9 Å². The smallest absolute Gasteiger partial charge is 0.497 e. The van der Waals surface area contributed by atoms with Crippen LogP contribution in [0.2, 0.25) is 0 Å². The maximum absolute atomic E-state index is 14.6. The number of sulfonamides is 1. The standard InChI is InChI=1S/C42H48F3N5O11S/c1-40(2,3)61-39(54)47-32-8-6-18-58-17-5-7-26-22-41(26,38(53)49-62(55,56)30-14-15-30)48-35(51)34-21-29(23-50(34)37(32)52)59-36-31-16-13-28(57-4)19-25(31)20-33(46-36)24-9-11-27(12-10-24)60-42(43,44)45/h5,7,9-13,16,19-20,26,29-30,32,34H,6,8,14-15,17-18,21-23H2,1-4H3,(H,47,54)(H,48,51)(H,49,53)/b7-5-/t26-,29?,32+,34+,41-/m1/s1. The number of nitrogens with one attached hydrogen (secondary N) is 3. The summed E-state index contributed by atoms with van der Waals surface area (Å²) in [6, 6.07) is 9.44. The Kier molecular flexibility index (Phi) is 12.4. The topological polar surface area (TPSA) is 201 Å². The van der Waals surface area contributed by atoms with Gasteiger partial charge in [0.25, 0.3) is 5.91 Å². The second-order valence-electron chi connectivity index (χ2n) is 16.7. The molecule has 0 spiro atoms. The predicted octanol–water partition coefficient (Wildman–Crippen LogP) is 4.90. The molecule has 1 aromatic heterocycles. The molecule has 20 heteroatoms. The third kappa shape index (κ3) is 10.5. The largest absolute Gasteiger partial charge is 0.573 e. The Labute approximate surface area is 355 Å². The minimum absolute atomic E-state index is 0.0745. The van der Waals surface area contributed by atoms with Crippen LogP contribution < -0.4 is 29.6 Å². The molecule has 0 bridgehead atoms. The van der Waals surface area contributed by atoms with Gasteiger partial charge in [0.15, 0.2) is 0 Å². The van der Waals surface area contributed by atoms with Crippen LogP contribution >= 0.6 is 0 Å². The summed E-state index contributed by atoms with van der Waals surface area (Å²) in [5.74, 6) is -2.74. The van der Waals surface area contributed by atoms with E-state index in [1.165, 1.54) is 24.1 Å². The normalized spacial score (nSPS) is 25.2. The van der Waals surface area contributed by atoms with Crippen LogP contribution in [0.25, 0.3) is 22.0 Å². The van der Waals surface area contributed by atoms with Crippen molar-refractivity contribution in [3.63, 3.8) is 0 Å². The lowest BCUT2D eigenvalue weighted by atomic mass is 10.1. The number of aromatic nitrogens is 1. The first-order valence-electron chi connectivity index (χ1n) is 20.2. The lowest BCUT2D eigenvalue weighted by molar-refractivity contribution is -0.274. The van der Waals surface area contributed by atoms with E-state index in [1.807, 2.05) is 0 Å². The van der Waals surface area contributed by atoms with E-state index in [1.54, 1.807) is 57.2 Å². The SMILES string of the molecule is COc1ccc2c(OC3C[C@H]4C(=O)N[C@]5(C(=O)NS(=O)(=O)C6CC6)C[C@H]5/C=C\COCCC[C@H](NC(=O)OC(C)(C)C)C(=O)N4C3)nc(-c3ccc(OC(F)(F)F)cc3)cc2c1. The van der Waals surface area contributed by atoms with E-state index in [-0.39, 0.29) is 44.9 Å². The molecule has 1 unspecified atom stereocenters. The van der Waals surface area contributed by atoms with E-state index in [9.17, 15) is 40.8 Å². The van der Waals surface area contributed by atoms with Gasteiger partial charge in [-0.3, -0.25) is 19.1 Å². The Bertz CT molecular complexity index is 2350. The van der Waals surface area contributed by atoms with Crippen molar-refractivity contribution in [1.82, 2.24) is 25.2 Å². The number of halogens is 3. The molecule has 3 heterocycles. The molecule has 334 valence electrons. The molecule has 5 atom stereocenters. The van der Waals surface area contributed by atoms with Gasteiger partial charge in [0, 0.05) is 29.9 Å². The monoisotopic (exact) mass is 887 g/mol. The predicted molar refractivity (Wildman–Crippen MR) is 216 cm³/mol. The van der Waals surface area contributed by atoms with Crippen LogP contribution in [0.4, 0.5) is 18.0 Å². The van der Waals surface area contributed by atoms with E-state index in [0.29, 0.717) is 47.0 Å². The van der Waals surface area contributed by atoms with Crippen molar-refractivity contribution >= 4 is 44.6 Å². The van der Waals surface area contributed by atoms with Crippen LogP contribution in [-0.4, -0.2) is 110 Å². The molecule has 3 aromatic rings. The highest BCUT2D eigenvalue weighted by molar-refractivity contribution is 7.91. The van der Waals surface area contributed by atoms with Gasteiger partial charge >= 0.3 is 12.5 Å². The number of hydrogen-bond acceptors (Lipinski definition) is 12. The average molecular weight is 888 g/mol. The first kappa shape index (κ1) is 44.4. The molecular weight excluding hydrogens is 840 g/mol. The van der Waals surface area contributed by atoms with E-state index in [4.69, 9.17) is 23.9 Å². The maximum atomic E-state index is 14.6. The molecule has 1 saturated heterocycles. The summed E-state index contributed by atoms with van der Waals surface area (Å²) in [4.78, 5) is 62.0. The van der Waals surface area contributed by atoms with E-state index >= 15 is 0 Å². The number of carbonyl (C=O) groups excluding carboxylic acids is 4. The number of nitrogens with zero attached hydrogens (tertiary/aromatic N) is 2. The third-order valence-corrected chi connectivity index (χ3v) is 12.7. The van der Waals surface area contributed by atoms with Gasteiger partial charge in [-0.2, -0.15) is 0 Å². The molecule has 2 saturated carbocycles. The molecule has 0 radical (unpaired) electrons. The number of alkyl halides is 3. The van der Waals surface area contributed by atoms with E-state index in [2.05, 4.69) is 20.1 Å². The molecule has 2 aliphatic heterocycles. The Balaban J connectivity index is 1.23. The number of carbonyl (C=O) groups is 4. The zero-order valence-electron chi connectivity index (χ0n) is 34.5. The Morgan fingerprint density at radius 3 is 2.42 bits per heavy atom. The number of hydrogen-bond donors (Lipinski definition) is 3. The summed E-state index contributed by atoms with van der Waals surface area (Å²) < 4.78 is 93.9. The van der Waals surface area contributed by atoms with Gasteiger partial charge in [-0.15, -0.1) is 13.2 Å². The van der Waals surface area contributed by atoms with Crippen LogP contribution in [0.5, 0.6) is 17.4 Å². The molecule has 7 rings (SSSR count). The average Bonchev–Trinajstić information content (AvgIpc) is 4.12. The van der Waals surface area contributed by atoms with Crippen LogP contribution in [0, 0.1) is 5.92 Å². The Morgan fingerprint density at radius 1 is 1.02 bits per heavy atom. The van der Waals surface area contributed by atoms with Gasteiger partial charge < -0.3 is 39.2 Å². The van der Waals surface area contributed by atoms with Crippen molar-refractivity contribution in [3.8, 4) is 28.6 Å². The third-order valence-electron chi connectivity index (χ3n) is 10.8. The fraction of sp³-hybridized carbons (Fsp3) is 0.500. The van der Waals surface area contributed by atoms with Crippen LogP contribution in [0.1, 0.15) is 59.3 Å². The lowest BCUT2D eigenvalue weighted by Crippen LogP contribution is -2.58. The highest BCUT2D eigenvalue weighted by Gasteiger charge is 2.62. The summed E-state index contributed by atoms with van der Waals surface area (Å²) >= 11 is 0. The number of amides is 4. The van der Waals surface area contributed by atoms with E-state index < -0.39 is 86.4 Å². The molecule has 62 heavy (non-hydrogen) atoms. The van der Waals surface area contributed by atoms with Gasteiger partial charge in [0.1, 0.15) is 40.8 Å². The summed E-state index contributed by atoms with van der Waals surface area (Å²) in [5, 5.41) is 5.84. The molecule has 2 aromatic carbocycles. The van der Waals surface area contributed by atoms with Crippen molar-refractivity contribution < 1.29 is 64.5 Å². The number of benzene rings is 2. The number of methoxy groups -OCH3 is 1. The molecule has 16 nitrogen and oxygen atoms in total. The highest BCUT2D eigenvalue weighted by atomic mass is 32.2. The van der Waals surface area contributed by atoms with Gasteiger partial charge in [0.05, 0.1) is 31.2 Å². The summed E-state index contributed by atoms with van der Waals surface area (Å²) in [6.45, 7) is 5.16. The number of rotatable bonds is 9. The zero-order chi connectivity index (χ0) is 44.6. The molecule has 3 N–H and O–H groups in total. The quantitative estimate of drug-likeness (QED) is 0.246. The van der Waals surface area contributed by atoms with Gasteiger partial charge in [-0.05, 0) is 107 Å². The minimum atomic E-state index is -4.89. The molecular formula is C42H48F3N5O11S. The van der Waals surface area contributed by atoms with Crippen molar-refractivity contribution in [1.29, 1.82) is 0 Å². The Morgan fingerprint density at radius 2 is 1.74 bits per heavy atom. The van der Waals surface area contributed by atoms with Crippen molar-refractivity contribution in [2.24, 2.45) is 5.92 Å². The molecule has 4 amide bonds. The van der Waals surface area contributed by atoms with Gasteiger partial charge in [0.2, 0.25) is 27.7 Å². The first-order valence-corrected chi connectivity index (χ1v) is 21.7. The van der Waals surface area contributed by atoms with Crippen LogP contribution in [0.15, 0.2) is 60.7 Å². The van der Waals surface area contributed by atoms with Crippen molar-refractivity contribution in [3.05, 3.63) is 60.7 Å². The number of alkyl carbamates (subject to hydrolysis) is 1. The van der Waals surface area contributed by atoms with Gasteiger partial charge in [-0.25, -0.2) is 18.2 Å². The maximum Gasteiger partial charge on any atom is 0.573 e. The fourth-order valence-corrected chi connectivity index (χ4v) is 8.93. The van der Waals surface area contributed by atoms with Crippen molar-refractivity contribution in [2.75, 3.05) is 26.9 Å². The summed E-state index contributed by atoms with van der Waals surface area (Å²) in [5.41, 5.74) is -1.81. The fourth-order valence-electron chi connectivity index (χ4n) is 7.56. The summed E-state index contributed by atoms with van der Waals surface area (Å²) in [6.07, 6.45) is -2.08. The second-order valence-corrected chi connectivity index (χ2v) is 18.7. The number of pyridine rings is 1. The van der Waals surface area contributed by atoms with Gasteiger partial charge in [-0.1, -0.05) is 12.2 Å². The molecule has 4 aliphatic rings. The second kappa shape index (κ2) is 17.3. The molecule has 3 fully saturated rings. The molecule has 2 aliphatic carbocycles.